The summed E-state index contributed by atoms with van der Waals surface area (Å²) in [6.45, 7) is 1.48. The average Bonchev–Trinajstić information content (AvgIpc) is 3.20. The third-order valence-electron chi connectivity index (χ3n) is 6.04. The van der Waals surface area contributed by atoms with E-state index in [-0.39, 0.29) is 35.0 Å². The summed E-state index contributed by atoms with van der Waals surface area (Å²) in [5, 5.41) is 11.8. The lowest BCUT2D eigenvalue weighted by Crippen LogP contribution is -2.37. The van der Waals surface area contributed by atoms with E-state index in [0.717, 1.165) is 0 Å². The molecule has 200 valence electrons. The molecule has 1 heterocycles. The molecule has 0 spiro atoms. The van der Waals surface area contributed by atoms with Gasteiger partial charge in [-0.25, -0.2) is 4.39 Å². The first-order valence-electron chi connectivity index (χ1n) is 11.7. The summed E-state index contributed by atoms with van der Waals surface area (Å²) in [4.78, 5) is 26.1. The Bertz CT molecular complexity index is 1400. The highest BCUT2D eigenvalue weighted by molar-refractivity contribution is 6.03. The van der Waals surface area contributed by atoms with Crippen LogP contribution in [0.2, 0.25) is 0 Å². The lowest BCUT2D eigenvalue weighted by Gasteiger charge is -2.14. The largest absolute Gasteiger partial charge is 0.573 e. The average molecular weight is 532 g/mol. The maximum atomic E-state index is 13.9. The van der Waals surface area contributed by atoms with Gasteiger partial charge < -0.3 is 25.2 Å². The second kappa shape index (κ2) is 11.0. The second-order valence-corrected chi connectivity index (χ2v) is 8.54. The number of allylic oxidation sites excluding steroid dienone is 1. The van der Waals surface area contributed by atoms with Crippen molar-refractivity contribution in [2.75, 3.05) is 7.05 Å². The van der Waals surface area contributed by atoms with Gasteiger partial charge in [-0.1, -0.05) is 23.4 Å². The molecule has 0 radical (unpaired) electrons. The predicted octanol–water partition coefficient (Wildman–Crippen LogP) is 4.37. The van der Waals surface area contributed by atoms with Crippen LogP contribution in [0.4, 0.5) is 17.6 Å². The lowest BCUT2D eigenvalue weighted by atomic mass is 10.0. The molecule has 12 heteroatoms. The van der Waals surface area contributed by atoms with Crippen molar-refractivity contribution in [2.24, 2.45) is 0 Å². The summed E-state index contributed by atoms with van der Waals surface area (Å²) in [6.07, 6.45) is -3.51. The number of alkyl halides is 3. The van der Waals surface area contributed by atoms with Gasteiger partial charge in [0.1, 0.15) is 17.3 Å². The second-order valence-electron chi connectivity index (χ2n) is 8.54. The molecule has 0 atom stereocenters. The monoisotopic (exact) mass is 532 g/mol. The van der Waals surface area contributed by atoms with E-state index >= 15 is 0 Å². The first-order chi connectivity index (χ1) is 18.1. The summed E-state index contributed by atoms with van der Waals surface area (Å²) in [5.74, 6) is -1.92. The number of rotatable bonds is 7. The standard InChI is InChI=1S/C26H24F4N4O4/c1-14(31-2)21(24(35)32-13-16-6-3-4-9-20(16)27)33-25(36)22-19-8-5-7-15-12-17(37-26(28,29)30)10-11-18(15)23(19)38-34-22/h3-4,6,9-12,31H,5,7-8,13H2,1-2H3,(H,32,35)(H,33,36)/b21-14+. The van der Waals surface area contributed by atoms with Crippen molar-refractivity contribution in [3.05, 3.63) is 82.1 Å². The molecule has 0 bridgehead atoms. The van der Waals surface area contributed by atoms with E-state index in [4.69, 9.17) is 4.52 Å². The highest BCUT2D eigenvalue weighted by atomic mass is 19.4. The maximum absolute atomic E-state index is 13.9. The molecule has 0 unspecified atom stereocenters. The topological polar surface area (TPSA) is 105 Å². The number of carbonyl (C=O) groups is 2. The van der Waals surface area contributed by atoms with Crippen LogP contribution in [0.1, 0.15) is 40.5 Å². The molecule has 2 aromatic carbocycles. The SMILES string of the molecule is CN/C(C)=C(/NC(=O)c1noc2c1CCCc1cc(OC(F)(F)F)ccc1-2)C(=O)NCc1ccccc1F. The van der Waals surface area contributed by atoms with Crippen LogP contribution in [-0.4, -0.2) is 30.4 Å². The van der Waals surface area contributed by atoms with Gasteiger partial charge in [0, 0.05) is 36.0 Å². The molecule has 1 aliphatic rings. The Morgan fingerprint density at radius 2 is 1.89 bits per heavy atom. The number of ether oxygens (including phenoxy) is 1. The van der Waals surface area contributed by atoms with Gasteiger partial charge in [-0.3, -0.25) is 9.59 Å². The van der Waals surface area contributed by atoms with Gasteiger partial charge in [0.2, 0.25) is 0 Å². The Morgan fingerprint density at radius 3 is 2.61 bits per heavy atom. The highest BCUT2D eigenvalue weighted by Crippen LogP contribution is 2.37. The van der Waals surface area contributed by atoms with Crippen molar-refractivity contribution < 1.29 is 36.4 Å². The van der Waals surface area contributed by atoms with Crippen LogP contribution in [0.15, 0.2) is 58.4 Å². The number of aryl methyl sites for hydroxylation is 1. The van der Waals surface area contributed by atoms with Crippen molar-refractivity contribution in [3.8, 4) is 17.1 Å². The van der Waals surface area contributed by atoms with Crippen molar-refractivity contribution >= 4 is 11.8 Å². The van der Waals surface area contributed by atoms with Gasteiger partial charge in [0.15, 0.2) is 11.5 Å². The van der Waals surface area contributed by atoms with E-state index in [1.54, 1.807) is 20.0 Å². The zero-order valence-corrected chi connectivity index (χ0v) is 20.5. The molecule has 0 aliphatic heterocycles. The van der Waals surface area contributed by atoms with Crippen molar-refractivity contribution in [1.29, 1.82) is 0 Å². The van der Waals surface area contributed by atoms with Crippen LogP contribution in [0, 0.1) is 5.82 Å². The van der Waals surface area contributed by atoms with E-state index in [0.29, 0.717) is 41.6 Å². The molecule has 38 heavy (non-hydrogen) atoms. The van der Waals surface area contributed by atoms with Crippen LogP contribution >= 0.6 is 0 Å². The molecule has 0 saturated carbocycles. The number of carbonyl (C=O) groups excluding carboxylic acids is 2. The minimum Gasteiger partial charge on any atom is -0.406 e. The third-order valence-corrected chi connectivity index (χ3v) is 6.04. The molecule has 1 aromatic heterocycles. The Hall–Kier alpha value is -4.35. The maximum Gasteiger partial charge on any atom is 0.573 e. The number of nitrogens with zero attached hydrogens (tertiary/aromatic N) is 1. The zero-order valence-electron chi connectivity index (χ0n) is 20.5. The quantitative estimate of drug-likeness (QED) is 0.309. The minimum atomic E-state index is -4.82. The van der Waals surface area contributed by atoms with E-state index in [1.807, 2.05) is 0 Å². The van der Waals surface area contributed by atoms with E-state index in [2.05, 4.69) is 25.8 Å². The molecular formula is C26H24F4N4O4. The third kappa shape index (κ3) is 5.96. The fourth-order valence-corrected chi connectivity index (χ4v) is 4.11. The van der Waals surface area contributed by atoms with E-state index in [9.17, 15) is 27.2 Å². The first kappa shape index (κ1) is 26.7. The van der Waals surface area contributed by atoms with Crippen LogP contribution in [0.5, 0.6) is 5.75 Å². The predicted molar refractivity (Wildman–Crippen MR) is 128 cm³/mol. The summed E-state index contributed by atoms with van der Waals surface area (Å²) < 4.78 is 61.3. The van der Waals surface area contributed by atoms with Crippen LogP contribution < -0.4 is 20.7 Å². The van der Waals surface area contributed by atoms with Gasteiger partial charge in [0.25, 0.3) is 11.8 Å². The van der Waals surface area contributed by atoms with Crippen molar-refractivity contribution in [3.63, 3.8) is 0 Å². The Morgan fingerprint density at radius 1 is 1.13 bits per heavy atom. The smallest absolute Gasteiger partial charge is 0.406 e. The molecule has 0 saturated heterocycles. The number of hydrogen-bond donors (Lipinski definition) is 3. The van der Waals surface area contributed by atoms with Gasteiger partial charge in [0.05, 0.1) is 0 Å². The Kier molecular flexibility index (Phi) is 7.70. The molecular weight excluding hydrogens is 508 g/mol. The normalized spacial score (nSPS) is 13.4. The zero-order chi connectivity index (χ0) is 27.4. The summed E-state index contributed by atoms with van der Waals surface area (Å²) in [5.41, 5.74) is 2.02. The Labute approximate surface area is 215 Å². The molecule has 3 N–H and O–H groups in total. The van der Waals surface area contributed by atoms with E-state index < -0.39 is 24.0 Å². The molecule has 4 rings (SSSR count). The van der Waals surface area contributed by atoms with Crippen LogP contribution in [0.25, 0.3) is 11.3 Å². The summed E-state index contributed by atoms with van der Waals surface area (Å²) in [6, 6.07) is 9.87. The molecule has 0 fully saturated rings. The number of hydrogen-bond acceptors (Lipinski definition) is 6. The highest BCUT2D eigenvalue weighted by Gasteiger charge is 2.32. The van der Waals surface area contributed by atoms with Gasteiger partial charge >= 0.3 is 6.36 Å². The van der Waals surface area contributed by atoms with Gasteiger partial charge in [-0.15, -0.1) is 13.2 Å². The number of benzene rings is 2. The summed E-state index contributed by atoms with van der Waals surface area (Å²) in [7, 11) is 1.57. The number of amides is 2. The molecule has 3 aromatic rings. The van der Waals surface area contributed by atoms with Crippen LogP contribution in [0.3, 0.4) is 0 Å². The lowest BCUT2D eigenvalue weighted by molar-refractivity contribution is -0.274. The fourth-order valence-electron chi connectivity index (χ4n) is 4.11. The van der Waals surface area contributed by atoms with Crippen molar-refractivity contribution in [2.45, 2.75) is 39.1 Å². The van der Waals surface area contributed by atoms with Gasteiger partial charge in [-0.05, 0) is 56.0 Å². The molecule has 1 aliphatic carbocycles. The molecule has 8 nitrogen and oxygen atoms in total. The fraction of sp³-hybridized carbons (Fsp3) is 0.269. The number of nitrogens with one attached hydrogen (secondary N) is 3. The Balaban J connectivity index is 1.56. The minimum absolute atomic E-state index is 0.0493. The summed E-state index contributed by atoms with van der Waals surface area (Å²) >= 11 is 0. The van der Waals surface area contributed by atoms with Crippen molar-refractivity contribution in [1.82, 2.24) is 21.1 Å². The first-order valence-corrected chi connectivity index (χ1v) is 11.7. The number of fused-ring (bicyclic) bond motifs is 3. The van der Waals surface area contributed by atoms with Crippen LogP contribution in [-0.2, 0) is 24.2 Å². The van der Waals surface area contributed by atoms with E-state index in [1.165, 1.54) is 36.4 Å². The molecule has 2 amide bonds. The number of aromatic nitrogens is 1. The number of halogens is 4. The van der Waals surface area contributed by atoms with Gasteiger partial charge in [-0.2, -0.15) is 0 Å².